The van der Waals surface area contributed by atoms with E-state index in [1.807, 2.05) is 12.1 Å². The number of benzene rings is 1. The van der Waals surface area contributed by atoms with Gasteiger partial charge >= 0.3 is 0 Å². The van der Waals surface area contributed by atoms with Crippen molar-refractivity contribution in [2.75, 3.05) is 55.3 Å². The molecule has 1 atom stereocenters. The van der Waals surface area contributed by atoms with E-state index in [1.165, 1.54) is 56.4 Å². The van der Waals surface area contributed by atoms with Crippen molar-refractivity contribution >= 4 is 22.3 Å². The average molecular weight is 481 g/mol. The Kier molecular flexibility index (Phi) is 6.02. The van der Waals surface area contributed by atoms with Gasteiger partial charge in [0, 0.05) is 63.5 Å². The van der Waals surface area contributed by atoms with Crippen molar-refractivity contribution in [2.24, 2.45) is 0 Å². The van der Waals surface area contributed by atoms with Gasteiger partial charge in [0.15, 0.2) is 0 Å². The molecule has 1 unspecified atom stereocenters. The normalized spacial score (nSPS) is 23.8. The van der Waals surface area contributed by atoms with Crippen LogP contribution in [0.3, 0.4) is 0 Å². The third-order valence-electron chi connectivity index (χ3n) is 8.54. The second-order valence-corrected chi connectivity index (χ2v) is 11.9. The summed E-state index contributed by atoms with van der Waals surface area (Å²) in [4.78, 5) is 12.8. The van der Waals surface area contributed by atoms with Crippen LogP contribution in [0.15, 0.2) is 41.4 Å². The summed E-state index contributed by atoms with van der Waals surface area (Å²) in [5.74, 6) is 2.09. The topological polar surface area (TPSA) is 48.9 Å². The summed E-state index contributed by atoms with van der Waals surface area (Å²) < 4.78 is 18.3. The van der Waals surface area contributed by atoms with E-state index in [2.05, 4.69) is 37.9 Å². The van der Waals surface area contributed by atoms with E-state index in [9.17, 15) is 4.21 Å². The van der Waals surface area contributed by atoms with Gasteiger partial charge in [0.25, 0.3) is 0 Å². The summed E-state index contributed by atoms with van der Waals surface area (Å²) in [5.41, 5.74) is 2.74. The van der Waals surface area contributed by atoms with E-state index in [0.29, 0.717) is 0 Å². The van der Waals surface area contributed by atoms with Gasteiger partial charge in [-0.2, -0.15) is 0 Å². The lowest BCUT2D eigenvalue weighted by Gasteiger charge is -2.48. The van der Waals surface area contributed by atoms with Crippen LogP contribution in [0.25, 0.3) is 0 Å². The molecular formula is C27H36N4O2S. The maximum atomic E-state index is 11.6. The highest BCUT2D eigenvalue weighted by Crippen LogP contribution is 2.42. The third-order valence-corrected chi connectivity index (χ3v) is 9.45. The molecule has 1 spiro atoms. The van der Waals surface area contributed by atoms with Crippen LogP contribution in [0.1, 0.15) is 44.1 Å². The van der Waals surface area contributed by atoms with Crippen LogP contribution in [0, 0.1) is 0 Å². The highest BCUT2D eigenvalue weighted by Gasteiger charge is 2.41. The summed E-state index contributed by atoms with van der Waals surface area (Å²) >= 11 is 0. The average Bonchev–Trinajstić information content (AvgIpc) is 2.84. The van der Waals surface area contributed by atoms with E-state index >= 15 is 0 Å². The number of piperazine rings is 1. The van der Waals surface area contributed by atoms with Gasteiger partial charge in [0.05, 0.1) is 15.7 Å². The molecule has 182 valence electrons. The fraction of sp³-hybridized carbons (Fsp3) is 0.593. The molecule has 0 bridgehead atoms. The Morgan fingerprint density at radius 2 is 1.74 bits per heavy atom. The molecule has 7 heteroatoms. The second kappa shape index (κ2) is 9.15. The largest absolute Gasteiger partial charge is 0.487 e. The van der Waals surface area contributed by atoms with Gasteiger partial charge in [-0.3, -0.25) is 4.21 Å². The number of rotatable bonds is 4. The maximum Gasteiger partial charge on any atom is 0.128 e. The van der Waals surface area contributed by atoms with Crippen molar-refractivity contribution in [3.63, 3.8) is 0 Å². The Bertz CT molecular complexity index is 1040. The number of fused-ring (bicyclic) bond motifs is 1. The minimum atomic E-state index is -0.981. The molecule has 3 aliphatic heterocycles. The van der Waals surface area contributed by atoms with Gasteiger partial charge in [0.1, 0.15) is 17.2 Å². The molecule has 0 amide bonds. The van der Waals surface area contributed by atoms with Crippen molar-refractivity contribution in [1.29, 1.82) is 0 Å². The zero-order valence-corrected chi connectivity index (χ0v) is 21.1. The molecule has 6 rings (SSSR count). The van der Waals surface area contributed by atoms with Crippen LogP contribution in [-0.2, 0) is 17.2 Å². The summed E-state index contributed by atoms with van der Waals surface area (Å²) in [6.07, 6.45) is 12.3. The molecule has 1 aromatic heterocycles. The van der Waals surface area contributed by atoms with E-state index in [4.69, 9.17) is 4.74 Å². The van der Waals surface area contributed by atoms with Gasteiger partial charge in [0.2, 0.25) is 0 Å². The molecule has 6 nitrogen and oxygen atoms in total. The fourth-order valence-electron chi connectivity index (χ4n) is 6.03. The molecule has 3 fully saturated rings. The first-order valence-electron chi connectivity index (χ1n) is 12.9. The van der Waals surface area contributed by atoms with Gasteiger partial charge in [-0.25, -0.2) is 4.98 Å². The fourth-order valence-corrected chi connectivity index (χ4v) is 6.49. The summed E-state index contributed by atoms with van der Waals surface area (Å²) in [5, 5.41) is 0. The van der Waals surface area contributed by atoms with Crippen molar-refractivity contribution in [3.05, 3.63) is 42.1 Å². The summed E-state index contributed by atoms with van der Waals surface area (Å²) in [6.45, 7) is 6.24. The molecule has 4 aliphatic rings. The second-order valence-electron chi connectivity index (χ2n) is 10.5. The quantitative estimate of drug-likeness (QED) is 0.662. The van der Waals surface area contributed by atoms with Crippen LogP contribution in [0.4, 0.5) is 11.5 Å². The number of likely N-dealkylation sites (tertiary alicyclic amines) is 1. The van der Waals surface area contributed by atoms with Gasteiger partial charge in [-0.15, -0.1) is 0 Å². The Morgan fingerprint density at radius 1 is 0.971 bits per heavy atom. The standard InChI is InChI=1S/C27H36N4O2S/c1-34(32)24-6-8-26(28-20-24)31-17-15-30(16-18-31)23-5-7-25-21(19-23)9-10-27(33-25)11-13-29(14-12-27)22-3-2-4-22/h5-8,19-20,22H,2-4,9-18H2,1H3. The predicted octanol–water partition coefficient (Wildman–Crippen LogP) is 3.86. The number of nitrogens with zero attached hydrogens (tertiary/aromatic N) is 4. The number of aryl methyl sites for hydroxylation is 1. The maximum absolute atomic E-state index is 11.6. The van der Waals surface area contributed by atoms with E-state index in [-0.39, 0.29) is 5.60 Å². The zero-order valence-electron chi connectivity index (χ0n) is 20.2. The number of pyridine rings is 1. The van der Waals surface area contributed by atoms with Crippen LogP contribution in [0.5, 0.6) is 5.75 Å². The highest BCUT2D eigenvalue weighted by molar-refractivity contribution is 7.84. The minimum absolute atomic E-state index is 0.0628. The lowest BCUT2D eigenvalue weighted by molar-refractivity contribution is -0.0336. The van der Waals surface area contributed by atoms with Crippen LogP contribution in [-0.4, -0.2) is 71.3 Å². The van der Waals surface area contributed by atoms with Crippen molar-refractivity contribution in [2.45, 2.75) is 61.5 Å². The summed E-state index contributed by atoms with van der Waals surface area (Å²) in [7, 11) is -0.981. The van der Waals surface area contributed by atoms with Crippen LogP contribution >= 0.6 is 0 Å². The molecule has 2 saturated heterocycles. The Morgan fingerprint density at radius 3 is 2.38 bits per heavy atom. The van der Waals surface area contributed by atoms with E-state index in [1.54, 1.807) is 12.5 Å². The molecule has 2 aromatic rings. The molecule has 1 saturated carbocycles. The SMILES string of the molecule is CS(=O)c1ccc(N2CCN(c3ccc4c(c3)CCC3(CCN(C5CCC5)CC3)O4)CC2)nc1. The molecule has 0 N–H and O–H groups in total. The first kappa shape index (κ1) is 22.4. The Balaban J connectivity index is 1.06. The number of anilines is 2. The lowest BCUT2D eigenvalue weighted by atomic mass is 9.81. The molecule has 0 radical (unpaired) electrons. The van der Waals surface area contributed by atoms with E-state index < -0.39 is 10.8 Å². The lowest BCUT2D eigenvalue weighted by Crippen LogP contribution is -2.53. The third kappa shape index (κ3) is 4.33. The van der Waals surface area contributed by atoms with Gasteiger partial charge in [-0.1, -0.05) is 6.42 Å². The zero-order chi connectivity index (χ0) is 23.1. The number of aromatic nitrogens is 1. The van der Waals surface area contributed by atoms with Crippen LogP contribution < -0.4 is 14.5 Å². The van der Waals surface area contributed by atoms with Gasteiger partial charge < -0.3 is 19.4 Å². The summed E-state index contributed by atoms with van der Waals surface area (Å²) in [6, 6.07) is 11.6. The molecular weight excluding hydrogens is 444 g/mol. The highest BCUT2D eigenvalue weighted by atomic mass is 32.2. The van der Waals surface area contributed by atoms with Crippen molar-refractivity contribution < 1.29 is 8.95 Å². The smallest absolute Gasteiger partial charge is 0.128 e. The Hall–Kier alpha value is -2.12. The first-order chi connectivity index (χ1) is 16.6. The number of piperidine rings is 1. The molecule has 4 heterocycles. The van der Waals surface area contributed by atoms with Crippen molar-refractivity contribution in [3.8, 4) is 5.75 Å². The Labute approximate surface area is 205 Å². The molecule has 1 aromatic carbocycles. The monoisotopic (exact) mass is 480 g/mol. The number of hydrogen-bond acceptors (Lipinski definition) is 6. The van der Waals surface area contributed by atoms with Crippen LogP contribution in [0.2, 0.25) is 0 Å². The van der Waals surface area contributed by atoms with E-state index in [0.717, 1.165) is 61.5 Å². The predicted molar refractivity (Wildman–Crippen MR) is 138 cm³/mol. The number of hydrogen-bond donors (Lipinski definition) is 0. The number of ether oxygens (including phenoxy) is 1. The first-order valence-corrected chi connectivity index (χ1v) is 14.5. The van der Waals surface area contributed by atoms with Gasteiger partial charge in [-0.05, 0) is 74.4 Å². The molecule has 34 heavy (non-hydrogen) atoms. The molecule has 1 aliphatic carbocycles. The van der Waals surface area contributed by atoms with Crippen molar-refractivity contribution in [1.82, 2.24) is 9.88 Å². The minimum Gasteiger partial charge on any atom is -0.487 e.